The first-order valence-electron chi connectivity index (χ1n) is 9.10. The van der Waals surface area contributed by atoms with Crippen LogP contribution in [0.1, 0.15) is 32.1 Å². The minimum absolute atomic E-state index is 0.109. The highest BCUT2D eigenvalue weighted by molar-refractivity contribution is 5.93. The number of nitrogens with one attached hydrogen (secondary N) is 1. The molecule has 132 valence electrons. The van der Waals surface area contributed by atoms with Crippen LogP contribution in [0.25, 0.3) is 22.8 Å². The van der Waals surface area contributed by atoms with E-state index in [1.807, 2.05) is 54.6 Å². The molecule has 1 aromatic heterocycles. The first-order valence-corrected chi connectivity index (χ1v) is 9.10. The summed E-state index contributed by atoms with van der Waals surface area (Å²) in [5.74, 6) is 1.23. The highest BCUT2D eigenvalue weighted by atomic mass is 16.5. The second-order valence-electron chi connectivity index (χ2n) is 6.69. The molecule has 0 bridgehead atoms. The maximum atomic E-state index is 12.4. The van der Waals surface area contributed by atoms with Crippen LogP contribution in [0.4, 0.5) is 5.69 Å². The van der Waals surface area contributed by atoms with Gasteiger partial charge in [-0.05, 0) is 31.0 Å². The van der Waals surface area contributed by atoms with E-state index in [9.17, 15) is 4.79 Å². The molecule has 1 aliphatic carbocycles. The number of aromatic nitrogens is 2. The Balaban J connectivity index is 1.51. The van der Waals surface area contributed by atoms with Gasteiger partial charge in [0.1, 0.15) is 0 Å². The summed E-state index contributed by atoms with van der Waals surface area (Å²) in [6, 6.07) is 17.3. The van der Waals surface area contributed by atoms with E-state index in [2.05, 4.69) is 15.5 Å². The Bertz CT molecular complexity index is 883. The lowest BCUT2D eigenvalue weighted by atomic mass is 9.88. The fourth-order valence-electron chi connectivity index (χ4n) is 3.38. The van der Waals surface area contributed by atoms with Crippen LogP contribution in [-0.4, -0.2) is 16.0 Å². The molecule has 1 heterocycles. The number of carbonyl (C=O) groups is 1. The lowest BCUT2D eigenvalue weighted by Crippen LogP contribution is -2.24. The monoisotopic (exact) mass is 347 g/mol. The Kier molecular flexibility index (Phi) is 4.78. The van der Waals surface area contributed by atoms with E-state index in [-0.39, 0.29) is 11.8 Å². The Morgan fingerprint density at radius 1 is 0.962 bits per heavy atom. The molecule has 5 heteroatoms. The van der Waals surface area contributed by atoms with Crippen molar-refractivity contribution >= 4 is 11.6 Å². The molecule has 3 aromatic rings. The summed E-state index contributed by atoms with van der Waals surface area (Å²) in [5.41, 5.74) is 2.46. The summed E-state index contributed by atoms with van der Waals surface area (Å²) in [4.78, 5) is 16.9. The lowest BCUT2D eigenvalue weighted by molar-refractivity contribution is -0.120. The van der Waals surface area contributed by atoms with Gasteiger partial charge in [0.2, 0.25) is 11.7 Å². The molecular formula is C21H21N3O2. The normalized spacial score (nSPS) is 14.9. The van der Waals surface area contributed by atoms with Crippen molar-refractivity contribution in [3.05, 3.63) is 54.6 Å². The number of carbonyl (C=O) groups excluding carboxylic acids is 1. The molecule has 2 aromatic carbocycles. The van der Waals surface area contributed by atoms with Crippen molar-refractivity contribution in [2.24, 2.45) is 5.92 Å². The molecule has 0 saturated heterocycles. The Hall–Kier alpha value is -2.95. The molecule has 1 aliphatic rings. The van der Waals surface area contributed by atoms with Crippen molar-refractivity contribution in [1.29, 1.82) is 0 Å². The van der Waals surface area contributed by atoms with Gasteiger partial charge in [0.15, 0.2) is 0 Å². The van der Waals surface area contributed by atoms with E-state index < -0.39 is 0 Å². The van der Waals surface area contributed by atoms with Crippen LogP contribution in [0.3, 0.4) is 0 Å². The van der Waals surface area contributed by atoms with Gasteiger partial charge in [-0.2, -0.15) is 4.98 Å². The number of rotatable bonds is 4. The van der Waals surface area contributed by atoms with E-state index >= 15 is 0 Å². The number of benzene rings is 2. The Labute approximate surface area is 152 Å². The van der Waals surface area contributed by atoms with Crippen LogP contribution >= 0.6 is 0 Å². The number of amides is 1. The predicted octanol–water partition coefficient (Wildman–Crippen LogP) is 4.92. The van der Waals surface area contributed by atoms with E-state index in [1.165, 1.54) is 6.42 Å². The van der Waals surface area contributed by atoms with Crippen molar-refractivity contribution in [2.75, 3.05) is 5.32 Å². The molecule has 1 N–H and O–H groups in total. The molecule has 0 spiro atoms. The SMILES string of the molecule is O=C(Nc1cccc(-c2nc(-c3ccccc3)no2)c1)C1CCCCC1. The van der Waals surface area contributed by atoms with Crippen LogP contribution in [0.2, 0.25) is 0 Å². The van der Waals surface area contributed by atoms with Crippen molar-refractivity contribution < 1.29 is 9.32 Å². The van der Waals surface area contributed by atoms with Gasteiger partial charge >= 0.3 is 0 Å². The maximum absolute atomic E-state index is 12.4. The Morgan fingerprint density at radius 3 is 2.54 bits per heavy atom. The van der Waals surface area contributed by atoms with Crippen LogP contribution in [0, 0.1) is 5.92 Å². The van der Waals surface area contributed by atoms with E-state index in [1.54, 1.807) is 0 Å². The maximum Gasteiger partial charge on any atom is 0.258 e. The van der Waals surface area contributed by atoms with Gasteiger partial charge in [-0.1, -0.05) is 60.8 Å². The first kappa shape index (κ1) is 16.5. The smallest absolute Gasteiger partial charge is 0.258 e. The summed E-state index contributed by atoms with van der Waals surface area (Å²) in [6.07, 6.45) is 5.48. The number of hydrogen-bond donors (Lipinski definition) is 1. The Morgan fingerprint density at radius 2 is 1.73 bits per heavy atom. The highest BCUT2D eigenvalue weighted by Crippen LogP contribution is 2.27. The molecule has 26 heavy (non-hydrogen) atoms. The first-order chi connectivity index (χ1) is 12.8. The van der Waals surface area contributed by atoms with Crippen LogP contribution in [-0.2, 0) is 4.79 Å². The molecule has 0 radical (unpaired) electrons. The van der Waals surface area contributed by atoms with Gasteiger partial charge in [-0.3, -0.25) is 4.79 Å². The van der Waals surface area contributed by atoms with Gasteiger partial charge in [0, 0.05) is 22.7 Å². The number of nitrogens with zero attached hydrogens (tertiary/aromatic N) is 2. The summed E-state index contributed by atoms with van der Waals surface area (Å²) < 4.78 is 5.41. The van der Waals surface area contributed by atoms with Gasteiger partial charge in [-0.15, -0.1) is 0 Å². The van der Waals surface area contributed by atoms with Crippen molar-refractivity contribution in [2.45, 2.75) is 32.1 Å². The number of hydrogen-bond acceptors (Lipinski definition) is 4. The molecule has 0 unspecified atom stereocenters. The fourth-order valence-corrected chi connectivity index (χ4v) is 3.38. The highest BCUT2D eigenvalue weighted by Gasteiger charge is 2.21. The van der Waals surface area contributed by atoms with Crippen molar-refractivity contribution in [3.8, 4) is 22.8 Å². The third kappa shape index (κ3) is 3.67. The fraction of sp³-hybridized carbons (Fsp3) is 0.286. The third-order valence-electron chi connectivity index (χ3n) is 4.81. The second kappa shape index (κ2) is 7.52. The minimum Gasteiger partial charge on any atom is -0.334 e. The molecule has 1 fully saturated rings. The molecule has 1 amide bonds. The van der Waals surface area contributed by atoms with Gasteiger partial charge in [-0.25, -0.2) is 0 Å². The average molecular weight is 347 g/mol. The average Bonchev–Trinajstić information content (AvgIpc) is 3.20. The van der Waals surface area contributed by atoms with Crippen LogP contribution in [0.5, 0.6) is 0 Å². The van der Waals surface area contributed by atoms with Crippen LogP contribution < -0.4 is 5.32 Å². The summed E-state index contributed by atoms with van der Waals surface area (Å²) in [6.45, 7) is 0. The van der Waals surface area contributed by atoms with Gasteiger partial charge in [0.25, 0.3) is 5.89 Å². The van der Waals surface area contributed by atoms with E-state index in [0.29, 0.717) is 11.7 Å². The summed E-state index contributed by atoms with van der Waals surface area (Å²) in [5, 5.41) is 7.08. The largest absolute Gasteiger partial charge is 0.334 e. The molecule has 5 nitrogen and oxygen atoms in total. The summed E-state index contributed by atoms with van der Waals surface area (Å²) in [7, 11) is 0. The quantitative estimate of drug-likeness (QED) is 0.727. The minimum atomic E-state index is 0.109. The van der Waals surface area contributed by atoms with E-state index in [4.69, 9.17) is 4.52 Å². The van der Waals surface area contributed by atoms with Gasteiger partial charge in [0.05, 0.1) is 0 Å². The van der Waals surface area contributed by atoms with Gasteiger partial charge < -0.3 is 9.84 Å². The zero-order valence-corrected chi connectivity index (χ0v) is 14.5. The predicted molar refractivity (Wildman–Crippen MR) is 100 cm³/mol. The standard InChI is InChI=1S/C21H21N3O2/c25-20(16-10-5-2-6-11-16)22-18-13-7-12-17(14-18)21-23-19(24-26-21)15-8-3-1-4-9-15/h1,3-4,7-9,12-14,16H,2,5-6,10-11H2,(H,22,25). The molecule has 0 aliphatic heterocycles. The summed E-state index contributed by atoms with van der Waals surface area (Å²) >= 11 is 0. The zero-order valence-electron chi connectivity index (χ0n) is 14.5. The number of anilines is 1. The van der Waals surface area contributed by atoms with E-state index in [0.717, 1.165) is 42.5 Å². The second-order valence-corrected chi connectivity index (χ2v) is 6.69. The molecule has 0 atom stereocenters. The lowest BCUT2D eigenvalue weighted by Gasteiger charge is -2.20. The zero-order chi connectivity index (χ0) is 17.8. The topological polar surface area (TPSA) is 68.0 Å². The molecule has 4 rings (SSSR count). The molecule has 1 saturated carbocycles. The van der Waals surface area contributed by atoms with Crippen LogP contribution in [0.15, 0.2) is 59.1 Å². The van der Waals surface area contributed by atoms with Crippen molar-refractivity contribution in [3.63, 3.8) is 0 Å². The third-order valence-corrected chi connectivity index (χ3v) is 4.81. The molecular weight excluding hydrogens is 326 g/mol. The van der Waals surface area contributed by atoms with Crippen molar-refractivity contribution in [1.82, 2.24) is 10.1 Å².